The van der Waals surface area contributed by atoms with E-state index in [4.69, 9.17) is 4.74 Å². The predicted octanol–water partition coefficient (Wildman–Crippen LogP) is 5.99. The van der Waals surface area contributed by atoms with E-state index in [1.54, 1.807) is 11.8 Å². The quantitative estimate of drug-likeness (QED) is 0.457. The van der Waals surface area contributed by atoms with Crippen molar-refractivity contribution in [3.63, 3.8) is 0 Å². The van der Waals surface area contributed by atoms with Gasteiger partial charge in [-0.15, -0.1) is 0 Å². The number of amides is 2. The molecule has 1 aliphatic carbocycles. The van der Waals surface area contributed by atoms with Crippen molar-refractivity contribution < 1.29 is 14.3 Å². The fraction of sp³-hybridized carbons (Fsp3) is 0.500. The molecule has 0 aliphatic heterocycles. The number of nitrogens with one attached hydrogen (secondary N) is 1. The summed E-state index contributed by atoms with van der Waals surface area (Å²) in [5.41, 5.74) is 2.21. The van der Waals surface area contributed by atoms with E-state index in [1.807, 2.05) is 48.5 Å². The van der Waals surface area contributed by atoms with Crippen LogP contribution in [0, 0.1) is 0 Å². The van der Waals surface area contributed by atoms with Gasteiger partial charge in [0, 0.05) is 17.1 Å². The molecule has 1 N–H and O–H groups in total. The molecule has 1 atom stereocenters. The molecular weight excluding hydrogens is 492 g/mol. The monoisotopic (exact) mass is 528 g/mol. The smallest absolute Gasteiger partial charge is 0.261 e. The minimum absolute atomic E-state index is 0.0518. The molecule has 5 nitrogen and oxygen atoms in total. The van der Waals surface area contributed by atoms with Gasteiger partial charge in [-0.25, -0.2) is 0 Å². The van der Waals surface area contributed by atoms with E-state index in [-0.39, 0.29) is 29.9 Å². The molecule has 0 heterocycles. The molecule has 1 fully saturated rings. The number of hydrogen-bond acceptors (Lipinski definition) is 3. The molecule has 0 spiro atoms. The van der Waals surface area contributed by atoms with Gasteiger partial charge >= 0.3 is 0 Å². The third kappa shape index (κ3) is 7.59. The van der Waals surface area contributed by atoms with E-state index in [9.17, 15) is 9.59 Å². The van der Waals surface area contributed by atoms with E-state index in [0.29, 0.717) is 12.3 Å². The van der Waals surface area contributed by atoms with E-state index in [1.165, 1.54) is 12.0 Å². The molecule has 1 saturated carbocycles. The highest BCUT2D eigenvalue weighted by molar-refractivity contribution is 9.10. The molecule has 2 aromatic carbocycles. The Hall–Kier alpha value is -2.34. The first-order valence-corrected chi connectivity index (χ1v) is 13.0. The summed E-state index contributed by atoms with van der Waals surface area (Å²) in [5, 5.41) is 3.16. The minimum Gasteiger partial charge on any atom is -0.484 e. The van der Waals surface area contributed by atoms with E-state index >= 15 is 0 Å². The molecule has 2 aromatic rings. The first-order chi connectivity index (χ1) is 16.1. The van der Waals surface area contributed by atoms with Crippen LogP contribution in [0.5, 0.6) is 5.75 Å². The first-order valence-electron chi connectivity index (χ1n) is 12.2. The van der Waals surface area contributed by atoms with Gasteiger partial charge in [0.1, 0.15) is 11.8 Å². The van der Waals surface area contributed by atoms with Crippen molar-refractivity contribution in [2.24, 2.45) is 0 Å². The fourth-order valence-corrected chi connectivity index (χ4v) is 4.71. The SMILES string of the molecule is C[C@@H](C(=O)NC1CCCCC1)N(Cc1cccc(Br)c1)C(=O)COc1ccc(C(C)(C)C)cc1. The highest BCUT2D eigenvalue weighted by Crippen LogP contribution is 2.24. The number of nitrogens with zero attached hydrogens (tertiary/aromatic N) is 1. The summed E-state index contributed by atoms with van der Waals surface area (Å²) < 4.78 is 6.76. The number of carbonyl (C=O) groups excluding carboxylic acids is 2. The Morgan fingerprint density at radius 3 is 2.38 bits per heavy atom. The van der Waals surface area contributed by atoms with Crippen molar-refractivity contribution in [1.29, 1.82) is 0 Å². The molecule has 3 rings (SSSR count). The van der Waals surface area contributed by atoms with Crippen LogP contribution in [-0.2, 0) is 21.5 Å². The summed E-state index contributed by atoms with van der Waals surface area (Å²) >= 11 is 3.49. The van der Waals surface area contributed by atoms with Crippen molar-refractivity contribution in [3.8, 4) is 5.75 Å². The van der Waals surface area contributed by atoms with Gasteiger partial charge < -0.3 is 15.0 Å². The second-order valence-corrected chi connectivity index (χ2v) is 11.1. The van der Waals surface area contributed by atoms with Crippen LogP contribution < -0.4 is 10.1 Å². The summed E-state index contributed by atoms with van der Waals surface area (Å²) in [7, 11) is 0. The van der Waals surface area contributed by atoms with Crippen molar-refractivity contribution in [2.45, 2.75) is 83.8 Å². The third-order valence-electron chi connectivity index (χ3n) is 6.44. The third-order valence-corrected chi connectivity index (χ3v) is 6.94. The van der Waals surface area contributed by atoms with Gasteiger partial charge in [-0.05, 0) is 60.6 Å². The molecule has 0 radical (unpaired) electrons. The molecule has 184 valence electrons. The lowest BCUT2D eigenvalue weighted by molar-refractivity contribution is -0.142. The second-order valence-electron chi connectivity index (χ2n) is 10.2. The molecule has 1 aliphatic rings. The first kappa shape index (κ1) is 26.3. The zero-order valence-corrected chi connectivity index (χ0v) is 22.4. The summed E-state index contributed by atoms with van der Waals surface area (Å²) in [6, 6.07) is 15.3. The molecule has 34 heavy (non-hydrogen) atoms. The molecular formula is C28H37BrN2O3. The fourth-order valence-electron chi connectivity index (χ4n) is 4.26. The summed E-state index contributed by atoms with van der Waals surface area (Å²) in [5.74, 6) is 0.319. The highest BCUT2D eigenvalue weighted by atomic mass is 79.9. The van der Waals surface area contributed by atoms with Gasteiger partial charge in [0.25, 0.3) is 5.91 Å². The zero-order chi connectivity index (χ0) is 24.7. The number of hydrogen-bond donors (Lipinski definition) is 1. The van der Waals surface area contributed by atoms with Crippen LogP contribution in [0.3, 0.4) is 0 Å². The van der Waals surface area contributed by atoms with Gasteiger partial charge in [-0.1, -0.05) is 80.2 Å². The predicted molar refractivity (Wildman–Crippen MR) is 140 cm³/mol. The van der Waals surface area contributed by atoms with Crippen LogP contribution >= 0.6 is 15.9 Å². The Labute approximate surface area is 212 Å². The molecule has 0 saturated heterocycles. The number of benzene rings is 2. The Bertz CT molecular complexity index is 962. The summed E-state index contributed by atoms with van der Waals surface area (Å²) in [6.07, 6.45) is 5.52. The van der Waals surface area contributed by atoms with Crippen LogP contribution in [0.15, 0.2) is 53.0 Å². The van der Waals surface area contributed by atoms with Crippen LogP contribution in [-0.4, -0.2) is 35.4 Å². The Kier molecular flexibility index (Phi) is 9.17. The van der Waals surface area contributed by atoms with E-state index in [0.717, 1.165) is 35.7 Å². The van der Waals surface area contributed by atoms with E-state index in [2.05, 4.69) is 42.0 Å². The second kappa shape index (κ2) is 11.9. The van der Waals surface area contributed by atoms with Crippen molar-refractivity contribution in [2.75, 3.05) is 6.61 Å². The number of carbonyl (C=O) groups is 2. The standard InChI is InChI=1S/C28H37BrN2O3/c1-20(27(33)30-24-11-6-5-7-12-24)31(18-21-9-8-10-23(29)17-21)26(32)19-34-25-15-13-22(14-16-25)28(2,3)4/h8-10,13-17,20,24H,5-7,11-12,18-19H2,1-4H3,(H,30,33)/t20-/m0/s1. The van der Waals surface area contributed by atoms with Crippen LogP contribution in [0.2, 0.25) is 0 Å². The van der Waals surface area contributed by atoms with Gasteiger partial charge in [0.05, 0.1) is 0 Å². The van der Waals surface area contributed by atoms with Gasteiger partial charge in [0.15, 0.2) is 6.61 Å². The average Bonchev–Trinajstić information content (AvgIpc) is 2.81. The Morgan fingerprint density at radius 2 is 1.76 bits per heavy atom. The summed E-state index contributed by atoms with van der Waals surface area (Å²) in [4.78, 5) is 28.0. The van der Waals surface area contributed by atoms with E-state index < -0.39 is 6.04 Å². The molecule has 0 bridgehead atoms. The zero-order valence-electron chi connectivity index (χ0n) is 20.8. The van der Waals surface area contributed by atoms with Crippen LogP contribution in [0.1, 0.15) is 70.9 Å². The van der Waals surface area contributed by atoms with Crippen LogP contribution in [0.4, 0.5) is 0 Å². The Balaban J connectivity index is 1.69. The van der Waals surface area contributed by atoms with Crippen LogP contribution in [0.25, 0.3) is 0 Å². The Morgan fingerprint density at radius 1 is 1.09 bits per heavy atom. The molecule has 0 unspecified atom stereocenters. The lowest BCUT2D eigenvalue weighted by atomic mass is 9.87. The highest BCUT2D eigenvalue weighted by Gasteiger charge is 2.28. The van der Waals surface area contributed by atoms with Gasteiger partial charge in [-0.2, -0.15) is 0 Å². The van der Waals surface area contributed by atoms with Crippen molar-refractivity contribution >= 4 is 27.7 Å². The lowest BCUT2D eigenvalue weighted by Gasteiger charge is -2.31. The largest absolute Gasteiger partial charge is 0.484 e. The number of halogens is 1. The minimum atomic E-state index is -0.597. The maximum atomic E-state index is 13.3. The van der Waals surface area contributed by atoms with Crippen molar-refractivity contribution in [1.82, 2.24) is 10.2 Å². The number of rotatable bonds is 8. The van der Waals surface area contributed by atoms with Crippen molar-refractivity contribution in [3.05, 3.63) is 64.1 Å². The average molecular weight is 530 g/mol. The summed E-state index contributed by atoms with van der Waals surface area (Å²) in [6.45, 7) is 8.49. The maximum absolute atomic E-state index is 13.3. The number of ether oxygens (including phenoxy) is 1. The molecule has 2 amide bonds. The normalized spacial score (nSPS) is 15.4. The topological polar surface area (TPSA) is 58.6 Å². The maximum Gasteiger partial charge on any atom is 0.261 e. The molecule has 0 aromatic heterocycles. The van der Waals surface area contributed by atoms with Gasteiger partial charge in [-0.3, -0.25) is 9.59 Å². The lowest BCUT2D eigenvalue weighted by Crippen LogP contribution is -2.51. The molecule has 6 heteroatoms. The van der Waals surface area contributed by atoms with Gasteiger partial charge in [0.2, 0.25) is 5.91 Å².